The molecule has 1 atom stereocenters. The van der Waals surface area contributed by atoms with Crippen LogP contribution in [0.4, 0.5) is 0 Å². The molecule has 3 rings (SSSR count). The standard InChI is InChI=1S/C20H29N3O3/c1-14(2)22-12-9-15(10-13-22)21-19(25)17-7-5-11-23(17)20(26)16-6-3-4-8-18(16)24/h3-4,6,8,14-15,17,24H,5,7,9-13H2,1-2H3,(H,21,25). The summed E-state index contributed by atoms with van der Waals surface area (Å²) in [7, 11) is 0. The number of likely N-dealkylation sites (tertiary alicyclic amines) is 2. The Bertz CT molecular complexity index is 653. The summed E-state index contributed by atoms with van der Waals surface area (Å²) in [4.78, 5) is 29.6. The molecule has 2 heterocycles. The van der Waals surface area contributed by atoms with Crippen molar-refractivity contribution in [2.75, 3.05) is 19.6 Å². The molecule has 2 fully saturated rings. The maximum atomic E-state index is 12.8. The van der Waals surface area contributed by atoms with Gasteiger partial charge in [0.15, 0.2) is 0 Å². The van der Waals surface area contributed by atoms with Crippen LogP contribution in [-0.2, 0) is 4.79 Å². The van der Waals surface area contributed by atoms with Gasteiger partial charge in [0.05, 0.1) is 5.56 Å². The van der Waals surface area contributed by atoms with Gasteiger partial charge in [-0.05, 0) is 51.7 Å². The highest BCUT2D eigenvalue weighted by atomic mass is 16.3. The molecule has 142 valence electrons. The smallest absolute Gasteiger partial charge is 0.258 e. The minimum absolute atomic E-state index is 0.0374. The first-order valence-electron chi connectivity index (χ1n) is 9.60. The Hall–Kier alpha value is -2.08. The van der Waals surface area contributed by atoms with E-state index in [2.05, 4.69) is 24.1 Å². The molecule has 2 N–H and O–H groups in total. The lowest BCUT2D eigenvalue weighted by Gasteiger charge is -2.35. The molecular weight excluding hydrogens is 330 g/mol. The first kappa shape index (κ1) is 18.7. The zero-order valence-electron chi connectivity index (χ0n) is 15.6. The topological polar surface area (TPSA) is 72.9 Å². The third-order valence-corrected chi connectivity index (χ3v) is 5.56. The van der Waals surface area contributed by atoms with Crippen LogP contribution in [0.2, 0.25) is 0 Å². The number of amides is 2. The Morgan fingerprint density at radius 3 is 2.46 bits per heavy atom. The molecule has 0 spiro atoms. The Balaban J connectivity index is 1.60. The second kappa shape index (κ2) is 8.08. The average molecular weight is 359 g/mol. The normalized spacial score (nSPS) is 22.0. The summed E-state index contributed by atoms with van der Waals surface area (Å²) in [6.07, 6.45) is 3.38. The van der Waals surface area contributed by atoms with E-state index in [9.17, 15) is 14.7 Å². The first-order valence-corrected chi connectivity index (χ1v) is 9.60. The number of nitrogens with zero attached hydrogens (tertiary/aromatic N) is 2. The number of hydrogen-bond donors (Lipinski definition) is 2. The van der Waals surface area contributed by atoms with Gasteiger partial charge < -0.3 is 20.2 Å². The van der Waals surface area contributed by atoms with Crippen molar-refractivity contribution in [2.45, 2.75) is 57.7 Å². The summed E-state index contributed by atoms with van der Waals surface area (Å²) in [6, 6.07) is 6.79. The number of phenols is 1. The van der Waals surface area contributed by atoms with Gasteiger partial charge in [-0.1, -0.05) is 12.1 Å². The van der Waals surface area contributed by atoms with E-state index in [1.165, 1.54) is 6.07 Å². The molecule has 26 heavy (non-hydrogen) atoms. The van der Waals surface area contributed by atoms with Gasteiger partial charge in [-0.15, -0.1) is 0 Å². The molecule has 0 radical (unpaired) electrons. The molecule has 0 bridgehead atoms. The van der Waals surface area contributed by atoms with Crippen LogP contribution in [0.1, 0.15) is 49.9 Å². The van der Waals surface area contributed by atoms with Gasteiger partial charge in [0.25, 0.3) is 5.91 Å². The van der Waals surface area contributed by atoms with Crippen LogP contribution in [0.25, 0.3) is 0 Å². The van der Waals surface area contributed by atoms with Crippen LogP contribution < -0.4 is 5.32 Å². The molecule has 2 aliphatic rings. The lowest BCUT2D eigenvalue weighted by atomic mass is 10.0. The van der Waals surface area contributed by atoms with Crippen molar-refractivity contribution in [3.63, 3.8) is 0 Å². The van der Waals surface area contributed by atoms with E-state index >= 15 is 0 Å². The third-order valence-electron chi connectivity index (χ3n) is 5.56. The van der Waals surface area contributed by atoms with Crippen LogP contribution in [0.3, 0.4) is 0 Å². The number of piperidine rings is 1. The second-order valence-electron chi connectivity index (χ2n) is 7.59. The minimum atomic E-state index is -0.440. The molecule has 2 aliphatic heterocycles. The van der Waals surface area contributed by atoms with Crippen LogP contribution in [0.5, 0.6) is 5.75 Å². The Labute approximate surface area is 155 Å². The Morgan fingerprint density at radius 1 is 1.12 bits per heavy atom. The van der Waals surface area contributed by atoms with Crippen LogP contribution in [-0.4, -0.2) is 64.5 Å². The fourth-order valence-electron chi connectivity index (χ4n) is 3.95. The number of rotatable bonds is 4. The highest BCUT2D eigenvalue weighted by Gasteiger charge is 2.36. The lowest BCUT2D eigenvalue weighted by Crippen LogP contribution is -2.52. The quantitative estimate of drug-likeness (QED) is 0.862. The summed E-state index contributed by atoms with van der Waals surface area (Å²) >= 11 is 0. The van der Waals surface area contributed by atoms with E-state index in [1.54, 1.807) is 23.1 Å². The molecule has 0 aliphatic carbocycles. The molecule has 1 unspecified atom stereocenters. The number of carbonyl (C=O) groups is 2. The van der Waals surface area contributed by atoms with E-state index in [0.717, 1.165) is 32.4 Å². The van der Waals surface area contributed by atoms with E-state index in [-0.39, 0.29) is 29.2 Å². The molecular formula is C20H29N3O3. The fourth-order valence-corrected chi connectivity index (χ4v) is 3.95. The highest BCUT2D eigenvalue weighted by Crippen LogP contribution is 2.25. The number of benzene rings is 1. The number of aromatic hydroxyl groups is 1. The second-order valence-corrected chi connectivity index (χ2v) is 7.59. The summed E-state index contributed by atoms with van der Waals surface area (Å²) in [6.45, 7) is 6.93. The molecule has 2 saturated heterocycles. The van der Waals surface area contributed by atoms with Crippen molar-refractivity contribution in [3.05, 3.63) is 29.8 Å². The third kappa shape index (κ3) is 4.01. The van der Waals surface area contributed by atoms with Gasteiger partial charge in [0.1, 0.15) is 11.8 Å². The highest BCUT2D eigenvalue weighted by molar-refractivity contribution is 5.99. The van der Waals surface area contributed by atoms with Crippen molar-refractivity contribution in [3.8, 4) is 5.75 Å². The van der Waals surface area contributed by atoms with Crippen LogP contribution in [0, 0.1) is 0 Å². The SMILES string of the molecule is CC(C)N1CCC(NC(=O)C2CCCN2C(=O)c2ccccc2O)CC1. The summed E-state index contributed by atoms with van der Waals surface area (Å²) < 4.78 is 0. The number of hydrogen-bond acceptors (Lipinski definition) is 4. The lowest BCUT2D eigenvalue weighted by molar-refractivity contribution is -0.125. The number of nitrogens with one attached hydrogen (secondary N) is 1. The average Bonchev–Trinajstić information content (AvgIpc) is 3.12. The largest absolute Gasteiger partial charge is 0.507 e. The van der Waals surface area contributed by atoms with Gasteiger partial charge >= 0.3 is 0 Å². The molecule has 6 nitrogen and oxygen atoms in total. The fraction of sp³-hybridized carbons (Fsp3) is 0.600. The van der Waals surface area contributed by atoms with Gasteiger partial charge in [0.2, 0.25) is 5.91 Å². The Morgan fingerprint density at radius 2 is 1.81 bits per heavy atom. The van der Waals surface area contributed by atoms with Crippen molar-refractivity contribution in [1.82, 2.24) is 15.1 Å². The van der Waals surface area contributed by atoms with E-state index in [0.29, 0.717) is 19.0 Å². The molecule has 0 aromatic heterocycles. The Kier molecular flexibility index (Phi) is 5.81. The first-order chi connectivity index (χ1) is 12.5. The number of phenolic OH excluding ortho intramolecular Hbond substituents is 1. The molecule has 1 aromatic rings. The molecule has 1 aromatic carbocycles. The van der Waals surface area contributed by atoms with Gasteiger partial charge in [0, 0.05) is 31.7 Å². The van der Waals surface area contributed by atoms with Crippen molar-refractivity contribution >= 4 is 11.8 Å². The predicted molar refractivity (Wildman–Crippen MR) is 100 cm³/mol. The number of para-hydroxylation sites is 1. The summed E-state index contributed by atoms with van der Waals surface area (Å²) in [5, 5.41) is 13.1. The van der Waals surface area contributed by atoms with E-state index < -0.39 is 6.04 Å². The van der Waals surface area contributed by atoms with E-state index in [4.69, 9.17) is 0 Å². The van der Waals surface area contributed by atoms with Crippen molar-refractivity contribution in [2.24, 2.45) is 0 Å². The van der Waals surface area contributed by atoms with Crippen molar-refractivity contribution < 1.29 is 14.7 Å². The zero-order chi connectivity index (χ0) is 18.7. The van der Waals surface area contributed by atoms with Crippen LogP contribution in [0.15, 0.2) is 24.3 Å². The van der Waals surface area contributed by atoms with Gasteiger partial charge in [-0.25, -0.2) is 0 Å². The number of carbonyl (C=O) groups excluding carboxylic acids is 2. The maximum absolute atomic E-state index is 12.8. The summed E-state index contributed by atoms with van der Waals surface area (Å²) in [5.74, 6) is -0.366. The van der Waals surface area contributed by atoms with Gasteiger partial charge in [-0.2, -0.15) is 0 Å². The monoisotopic (exact) mass is 359 g/mol. The molecule has 2 amide bonds. The zero-order valence-corrected chi connectivity index (χ0v) is 15.6. The van der Waals surface area contributed by atoms with Crippen LogP contribution >= 0.6 is 0 Å². The van der Waals surface area contributed by atoms with Crippen molar-refractivity contribution in [1.29, 1.82) is 0 Å². The predicted octanol–water partition coefficient (Wildman–Crippen LogP) is 1.99. The maximum Gasteiger partial charge on any atom is 0.258 e. The van der Waals surface area contributed by atoms with Gasteiger partial charge in [-0.3, -0.25) is 9.59 Å². The minimum Gasteiger partial charge on any atom is -0.507 e. The molecule has 0 saturated carbocycles. The summed E-state index contributed by atoms with van der Waals surface area (Å²) in [5.41, 5.74) is 0.262. The molecule has 6 heteroatoms. The van der Waals surface area contributed by atoms with E-state index in [1.807, 2.05) is 0 Å².